The lowest BCUT2D eigenvalue weighted by Crippen LogP contribution is -2.47. The number of rotatable bonds is 5. The van der Waals surface area contributed by atoms with Crippen molar-refractivity contribution >= 4 is 0 Å². The topological polar surface area (TPSA) is 24.5 Å². The van der Waals surface area contributed by atoms with E-state index in [0.717, 1.165) is 25.7 Å². The Morgan fingerprint density at radius 1 is 1.33 bits per heavy atom. The molecule has 1 N–H and O–H groups in total. The molecule has 3 nitrogen and oxygen atoms in total. The van der Waals surface area contributed by atoms with E-state index in [4.69, 9.17) is 4.74 Å². The second-order valence-electron chi connectivity index (χ2n) is 5.01. The minimum absolute atomic E-state index is 0.538. The molecule has 2 bridgehead atoms. The van der Waals surface area contributed by atoms with Gasteiger partial charge < -0.3 is 10.1 Å². The Kier molecular flexibility index (Phi) is 4.00. The van der Waals surface area contributed by atoms with Crippen LogP contribution in [0, 0.1) is 0 Å². The van der Waals surface area contributed by atoms with Crippen molar-refractivity contribution in [3.05, 3.63) is 0 Å². The van der Waals surface area contributed by atoms with Gasteiger partial charge in [0.1, 0.15) is 0 Å². The van der Waals surface area contributed by atoms with Gasteiger partial charge in [-0.2, -0.15) is 0 Å². The van der Waals surface area contributed by atoms with Crippen LogP contribution in [-0.4, -0.2) is 49.8 Å². The summed E-state index contributed by atoms with van der Waals surface area (Å²) in [6.07, 6.45) is 6.23. The van der Waals surface area contributed by atoms with Crippen LogP contribution in [0.25, 0.3) is 0 Å². The second-order valence-corrected chi connectivity index (χ2v) is 5.01. The van der Waals surface area contributed by atoms with Crippen molar-refractivity contribution < 1.29 is 4.74 Å². The fourth-order valence-corrected chi connectivity index (χ4v) is 2.76. The molecular weight excluding hydrogens is 188 g/mol. The molecule has 15 heavy (non-hydrogen) atoms. The SMILES string of the molecule is CNCCCC(C)N1CC2CCC(C1)O2. The first-order chi connectivity index (χ1) is 7.29. The summed E-state index contributed by atoms with van der Waals surface area (Å²) in [5, 5.41) is 3.21. The van der Waals surface area contributed by atoms with E-state index < -0.39 is 0 Å². The highest BCUT2D eigenvalue weighted by Crippen LogP contribution is 2.27. The van der Waals surface area contributed by atoms with Crippen molar-refractivity contribution in [3.8, 4) is 0 Å². The maximum Gasteiger partial charge on any atom is 0.0707 e. The van der Waals surface area contributed by atoms with E-state index >= 15 is 0 Å². The van der Waals surface area contributed by atoms with Crippen LogP contribution in [0.1, 0.15) is 32.6 Å². The predicted molar refractivity (Wildman–Crippen MR) is 62.1 cm³/mol. The van der Waals surface area contributed by atoms with Gasteiger partial charge in [0.15, 0.2) is 0 Å². The highest BCUT2D eigenvalue weighted by atomic mass is 16.5. The van der Waals surface area contributed by atoms with Crippen LogP contribution >= 0.6 is 0 Å². The van der Waals surface area contributed by atoms with Crippen LogP contribution in [0.2, 0.25) is 0 Å². The summed E-state index contributed by atoms with van der Waals surface area (Å²) in [5.74, 6) is 0. The van der Waals surface area contributed by atoms with Gasteiger partial charge in [-0.3, -0.25) is 4.90 Å². The number of hydrogen-bond acceptors (Lipinski definition) is 3. The molecule has 2 rings (SSSR count). The Labute approximate surface area is 93.2 Å². The van der Waals surface area contributed by atoms with E-state index in [2.05, 4.69) is 17.1 Å². The zero-order valence-corrected chi connectivity index (χ0v) is 10.0. The Bertz CT molecular complexity index is 186. The van der Waals surface area contributed by atoms with Gasteiger partial charge in [-0.25, -0.2) is 0 Å². The van der Waals surface area contributed by atoms with E-state index in [1.54, 1.807) is 0 Å². The van der Waals surface area contributed by atoms with Crippen molar-refractivity contribution in [1.29, 1.82) is 0 Å². The molecule has 0 aromatic rings. The van der Waals surface area contributed by atoms with Crippen LogP contribution < -0.4 is 5.32 Å². The zero-order valence-electron chi connectivity index (χ0n) is 10.0. The van der Waals surface area contributed by atoms with Gasteiger partial charge in [-0.1, -0.05) is 0 Å². The molecule has 2 aliphatic heterocycles. The number of nitrogens with zero attached hydrogens (tertiary/aromatic N) is 1. The maximum atomic E-state index is 5.85. The molecular formula is C12H24N2O. The first-order valence-electron chi connectivity index (χ1n) is 6.33. The van der Waals surface area contributed by atoms with Crippen LogP contribution in [0.3, 0.4) is 0 Å². The van der Waals surface area contributed by atoms with Gasteiger partial charge in [0.2, 0.25) is 0 Å². The average molecular weight is 212 g/mol. The van der Waals surface area contributed by atoms with E-state index in [1.165, 1.54) is 25.7 Å². The molecule has 0 aromatic carbocycles. The third-order valence-electron chi connectivity index (χ3n) is 3.74. The minimum atomic E-state index is 0.538. The van der Waals surface area contributed by atoms with Crippen LogP contribution in [-0.2, 0) is 4.74 Å². The molecule has 2 heterocycles. The fraction of sp³-hybridized carbons (Fsp3) is 1.00. The highest BCUT2D eigenvalue weighted by Gasteiger charge is 2.34. The van der Waals surface area contributed by atoms with E-state index in [1.807, 2.05) is 7.05 Å². The van der Waals surface area contributed by atoms with Gasteiger partial charge in [0.25, 0.3) is 0 Å². The quantitative estimate of drug-likeness (QED) is 0.694. The van der Waals surface area contributed by atoms with Crippen LogP contribution in [0.4, 0.5) is 0 Å². The van der Waals surface area contributed by atoms with Gasteiger partial charge in [0, 0.05) is 19.1 Å². The first kappa shape index (κ1) is 11.4. The lowest BCUT2D eigenvalue weighted by Gasteiger charge is -2.36. The zero-order chi connectivity index (χ0) is 10.7. The van der Waals surface area contributed by atoms with Gasteiger partial charge in [-0.05, 0) is 46.2 Å². The fourth-order valence-electron chi connectivity index (χ4n) is 2.76. The molecule has 3 heteroatoms. The summed E-state index contributed by atoms with van der Waals surface area (Å²) < 4.78 is 5.85. The number of fused-ring (bicyclic) bond motifs is 2. The number of nitrogens with one attached hydrogen (secondary N) is 1. The monoisotopic (exact) mass is 212 g/mol. The van der Waals surface area contributed by atoms with Crippen LogP contribution in [0.15, 0.2) is 0 Å². The third kappa shape index (κ3) is 2.92. The van der Waals surface area contributed by atoms with Gasteiger partial charge in [-0.15, -0.1) is 0 Å². The van der Waals surface area contributed by atoms with Crippen molar-refractivity contribution in [2.75, 3.05) is 26.7 Å². The largest absolute Gasteiger partial charge is 0.372 e. The molecule has 0 aliphatic carbocycles. The summed E-state index contributed by atoms with van der Waals surface area (Å²) >= 11 is 0. The smallest absolute Gasteiger partial charge is 0.0707 e. The number of morpholine rings is 1. The highest BCUT2D eigenvalue weighted by molar-refractivity contribution is 4.86. The lowest BCUT2D eigenvalue weighted by atomic mass is 10.1. The predicted octanol–water partition coefficient (Wildman–Crippen LogP) is 1.24. The average Bonchev–Trinajstić information content (AvgIpc) is 2.58. The van der Waals surface area contributed by atoms with Crippen molar-refractivity contribution in [3.63, 3.8) is 0 Å². The first-order valence-corrected chi connectivity index (χ1v) is 6.33. The molecule has 0 radical (unpaired) electrons. The molecule has 3 unspecified atom stereocenters. The van der Waals surface area contributed by atoms with E-state index in [0.29, 0.717) is 12.2 Å². The number of hydrogen-bond donors (Lipinski definition) is 1. The molecule has 3 atom stereocenters. The molecule has 0 aromatic heterocycles. The van der Waals surface area contributed by atoms with E-state index in [9.17, 15) is 0 Å². The van der Waals surface area contributed by atoms with Crippen molar-refractivity contribution in [1.82, 2.24) is 10.2 Å². The molecule has 2 aliphatic rings. The molecule has 0 amide bonds. The van der Waals surface area contributed by atoms with Crippen LogP contribution in [0.5, 0.6) is 0 Å². The van der Waals surface area contributed by atoms with Crippen molar-refractivity contribution in [2.45, 2.75) is 50.9 Å². The summed E-state index contributed by atoms with van der Waals surface area (Å²) in [7, 11) is 2.03. The van der Waals surface area contributed by atoms with Crippen molar-refractivity contribution in [2.24, 2.45) is 0 Å². The Morgan fingerprint density at radius 2 is 2.00 bits per heavy atom. The summed E-state index contributed by atoms with van der Waals surface area (Å²) in [5.41, 5.74) is 0. The molecule has 0 spiro atoms. The third-order valence-corrected chi connectivity index (χ3v) is 3.74. The summed E-state index contributed by atoms with van der Waals surface area (Å²) in [6.45, 7) is 5.83. The second kappa shape index (κ2) is 5.28. The standard InChI is InChI=1S/C12H24N2O/c1-10(4-3-7-13-2)14-8-11-5-6-12(9-14)15-11/h10-13H,3-9H2,1-2H3. The molecule has 88 valence electrons. The molecule has 2 fully saturated rings. The Balaban J connectivity index is 1.73. The number of likely N-dealkylation sites (tertiary alicyclic amines) is 1. The van der Waals surface area contributed by atoms with Gasteiger partial charge in [0.05, 0.1) is 12.2 Å². The maximum absolute atomic E-state index is 5.85. The Morgan fingerprint density at radius 3 is 2.60 bits per heavy atom. The normalized spacial score (nSPS) is 33.2. The van der Waals surface area contributed by atoms with Gasteiger partial charge >= 0.3 is 0 Å². The summed E-state index contributed by atoms with van der Waals surface area (Å²) in [4.78, 5) is 2.63. The minimum Gasteiger partial charge on any atom is -0.372 e. The molecule has 2 saturated heterocycles. The summed E-state index contributed by atoms with van der Waals surface area (Å²) in [6, 6.07) is 0.727. The Hall–Kier alpha value is -0.120. The molecule has 0 saturated carbocycles. The number of ether oxygens (including phenoxy) is 1. The lowest BCUT2D eigenvalue weighted by molar-refractivity contribution is -0.0514. The van der Waals surface area contributed by atoms with E-state index in [-0.39, 0.29) is 0 Å².